The van der Waals surface area contributed by atoms with Crippen LogP contribution in [0.3, 0.4) is 0 Å². The molecular formula is C30H31NO5. The lowest BCUT2D eigenvalue weighted by Crippen LogP contribution is -2.20. The van der Waals surface area contributed by atoms with Crippen LogP contribution < -0.4 is 24.7 Å². The third kappa shape index (κ3) is 6.16. The first kappa shape index (κ1) is 25.1. The molecule has 3 N–H and O–H groups in total. The minimum atomic E-state index is -0.981. The van der Waals surface area contributed by atoms with Crippen molar-refractivity contribution in [1.82, 2.24) is 0 Å². The maximum absolute atomic E-state index is 11.1. The van der Waals surface area contributed by atoms with E-state index in [1.807, 2.05) is 72.8 Å². The Bertz CT molecular complexity index is 1150. The van der Waals surface area contributed by atoms with E-state index in [4.69, 9.17) is 24.7 Å². The average Bonchev–Trinajstić information content (AvgIpc) is 2.95. The molecule has 0 saturated heterocycles. The van der Waals surface area contributed by atoms with E-state index in [9.17, 15) is 5.11 Å². The fourth-order valence-electron chi connectivity index (χ4n) is 3.86. The predicted octanol–water partition coefficient (Wildman–Crippen LogP) is 5.60. The zero-order chi connectivity index (χ0) is 25.3. The van der Waals surface area contributed by atoms with Gasteiger partial charge in [-0.3, -0.25) is 0 Å². The van der Waals surface area contributed by atoms with Gasteiger partial charge in [-0.2, -0.15) is 0 Å². The fourth-order valence-corrected chi connectivity index (χ4v) is 3.86. The Morgan fingerprint density at radius 3 is 1.53 bits per heavy atom. The molecule has 6 nitrogen and oxygen atoms in total. The van der Waals surface area contributed by atoms with Gasteiger partial charge in [-0.1, -0.05) is 72.8 Å². The van der Waals surface area contributed by atoms with E-state index in [1.54, 1.807) is 38.5 Å². The predicted molar refractivity (Wildman–Crippen MR) is 139 cm³/mol. The number of methoxy groups -OCH3 is 2. The molecule has 4 rings (SSSR count). The van der Waals surface area contributed by atoms with E-state index >= 15 is 0 Å². The molecule has 0 aliphatic carbocycles. The van der Waals surface area contributed by atoms with Crippen molar-refractivity contribution in [2.24, 2.45) is 5.73 Å². The number of nitrogens with two attached hydrogens (primary N) is 1. The number of hydrogen-bond acceptors (Lipinski definition) is 6. The highest BCUT2D eigenvalue weighted by Gasteiger charge is 2.22. The van der Waals surface area contributed by atoms with Gasteiger partial charge in [0.05, 0.1) is 26.4 Å². The minimum absolute atomic E-state index is 0.378. The first-order valence-corrected chi connectivity index (χ1v) is 11.7. The second kappa shape index (κ2) is 12.1. The Hall–Kier alpha value is -4.00. The summed E-state index contributed by atoms with van der Waals surface area (Å²) < 4.78 is 22.9. The summed E-state index contributed by atoms with van der Waals surface area (Å²) in [6.07, 6.45) is -0.981. The molecule has 0 aliphatic heterocycles. The van der Waals surface area contributed by atoms with Crippen molar-refractivity contribution in [3.8, 4) is 23.0 Å². The molecule has 0 aromatic heterocycles. The number of ether oxygens (including phenoxy) is 4. The van der Waals surface area contributed by atoms with Crippen molar-refractivity contribution >= 4 is 0 Å². The lowest BCUT2D eigenvalue weighted by molar-refractivity contribution is 0.146. The number of rotatable bonds is 11. The largest absolute Gasteiger partial charge is 0.493 e. The van der Waals surface area contributed by atoms with Crippen LogP contribution in [0.2, 0.25) is 0 Å². The monoisotopic (exact) mass is 485 g/mol. The topological polar surface area (TPSA) is 83.2 Å². The van der Waals surface area contributed by atoms with Gasteiger partial charge in [0.2, 0.25) is 0 Å². The van der Waals surface area contributed by atoms with Crippen LogP contribution in [0.25, 0.3) is 0 Å². The van der Waals surface area contributed by atoms with Crippen LogP contribution in [0.5, 0.6) is 23.0 Å². The van der Waals surface area contributed by atoms with Gasteiger partial charge in [-0.05, 0) is 46.5 Å². The third-order valence-electron chi connectivity index (χ3n) is 5.92. The number of aliphatic hydroxyl groups excluding tert-OH is 1. The molecule has 4 aromatic rings. The van der Waals surface area contributed by atoms with Gasteiger partial charge in [0.15, 0.2) is 23.0 Å². The summed E-state index contributed by atoms with van der Waals surface area (Å²) in [7, 11) is 3.17. The first-order valence-electron chi connectivity index (χ1n) is 11.7. The molecule has 2 atom stereocenters. The Morgan fingerprint density at radius 1 is 0.611 bits per heavy atom. The van der Waals surface area contributed by atoms with Crippen LogP contribution in [0, 0.1) is 0 Å². The molecule has 0 fully saturated rings. The molecule has 0 unspecified atom stereocenters. The molecule has 0 heterocycles. The van der Waals surface area contributed by atoms with Crippen LogP contribution in [0.4, 0.5) is 0 Å². The van der Waals surface area contributed by atoms with Crippen LogP contribution >= 0.6 is 0 Å². The molecule has 0 spiro atoms. The van der Waals surface area contributed by atoms with Crippen LogP contribution in [0.15, 0.2) is 97.1 Å². The molecule has 0 radical (unpaired) electrons. The maximum Gasteiger partial charge on any atom is 0.162 e. The van der Waals surface area contributed by atoms with Gasteiger partial charge >= 0.3 is 0 Å². The number of aliphatic hydroxyl groups is 1. The Morgan fingerprint density at radius 2 is 1.06 bits per heavy atom. The summed E-state index contributed by atoms with van der Waals surface area (Å²) in [5.74, 6) is 2.27. The lowest BCUT2D eigenvalue weighted by atomic mass is 9.96. The Kier molecular flexibility index (Phi) is 8.44. The van der Waals surface area contributed by atoms with Gasteiger partial charge in [0.25, 0.3) is 0 Å². The summed E-state index contributed by atoms with van der Waals surface area (Å²) in [6.45, 7) is 0.766. The zero-order valence-electron chi connectivity index (χ0n) is 20.5. The van der Waals surface area contributed by atoms with E-state index in [1.165, 1.54) is 0 Å². The molecule has 0 amide bonds. The Balaban J connectivity index is 1.52. The van der Waals surface area contributed by atoms with Gasteiger partial charge in [-0.25, -0.2) is 0 Å². The lowest BCUT2D eigenvalue weighted by Gasteiger charge is -2.22. The van der Waals surface area contributed by atoms with E-state index in [-0.39, 0.29) is 0 Å². The second-order valence-corrected chi connectivity index (χ2v) is 8.34. The van der Waals surface area contributed by atoms with E-state index < -0.39 is 12.1 Å². The zero-order valence-corrected chi connectivity index (χ0v) is 20.5. The highest BCUT2D eigenvalue weighted by molar-refractivity contribution is 5.47. The van der Waals surface area contributed by atoms with Crippen molar-refractivity contribution < 1.29 is 24.1 Å². The van der Waals surface area contributed by atoms with E-state index in [0.29, 0.717) is 47.3 Å². The highest BCUT2D eigenvalue weighted by Crippen LogP contribution is 2.37. The van der Waals surface area contributed by atoms with Crippen molar-refractivity contribution in [2.45, 2.75) is 25.4 Å². The van der Waals surface area contributed by atoms with E-state index in [0.717, 1.165) is 11.1 Å². The fraction of sp³-hybridized carbons (Fsp3) is 0.200. The highest BCUT2D eigenvalue weighted by atomic mass is 16.5. The molecule has 0 aliphatic rings. The summed E-state index contributed by atoms with van der Waals surface area (Å²) in [4.78, 5) is 0. The second-order valence-electron chi connectivity index (χ2n) is 8.34. The van der Waals surface area contributed by atoms with Gasteiger partial charge < -0.3 is 29.8 Å². The standard InChI is InChI=1S/C30H31NO5/c1-33-25-15-13-23(17-27(25)35-19-21-9-5-3-6-10-21)29(31)30(32)24-14-16-26(34-2)28(18-24)36-20-22-11-7-4-8-12-22/h3-18,29-30,32H,19-20,31H2,1-2H3/t29-,30+/m1/s1. The Labute approximate surface area is 211 Å². The molecule has 0 bridgehead atoms. The normalized spacial score (nSPS) is 12.4. The van der Waals surface area contributed by atoms with Gasteiger partial charge in [-0.15, -0.1) is 0 Å². The third-order valence-corrected chi connectivity index (χ3v) is 5.92. The van der Waals surface area contributed by atoms with Crippen LogP contribution in [-0.4, -0.2) is 19.3 Å². The maximum atomic E-state index is 11.1. The number of hydrogen-bond donors (Lipinski definition) is 2. The van der Waals surface area contributed by atoms with Gasteiger partial charge in [0.1, 0.15) is 13.2 Å². The summed E-state index contributed by atoms with van der Waals surface area (Å²) in [5.41, 5.74) is 9.91. The quantitative estimate of drug-likeness (QED) is 0.288. The smallest absolute Gasteiger partial charge is 0.162 e. The first-order chi connectivity index (χ1) is 17.6. The van der Waals surface area contributed by atoms with Crippen molar-refractivity contribution in [1.29, 1.82) is 0 Å². The molecule has 186 valence electrons. The molecule has 4 aromatic carbocycles. The molecule has 0 saturated carbocycles. The van der Waals surface area contributed by atoms with E-state index in [2.05, 4.69) is 0 Å². The summed E-state index contributed by atoms with van der Waals surface area (Å²) >= 11 is 0. The van der Waals surface area contributed by atoms with Crippen LogP contribution in [0.1, 0.15) is 34.4 Å². The molecule has 36 heavy (non-hydrogen) atoms. The van der Waals surface area contributed by atoms with Gasteiger partial charge in [0, 0.05) is 0 Å². The van der Waals surface area contributed by atoms with Crippen molar-refractivity contribution in [3.63, 3.8) is 0 Å². The van der Waals surface area contributed by atoms with Crippen molar-refractivity contribution in [3.05, 3.63) is 119 Å². The van der Waals surface area contributed by atoms with Crippen LogP contribution in [-0.2, 0) is 13.2 Å². The SMILES string of the molecule is COc1ccc([C@@H](N)[C@@H](O)c2ccc(OC)c(OCc3ccccc3)c2)cc1OCc1ccccc1. The summed E-state index contributed by atoms with van der Waals surface area (Å²) in [6, 6.07) is 29.8. The number of benzene rings is 4. The van der Waals surface area contributed by atoms with Crippen molar-refractivity contribution in [2.75, 3.05) is 14.2 Å². The molecular weight excluding hydrogens is 454 g/mol. The minimum Gasteiger partial charge on any atom is -0.493 e. The average molecular weight is 486 g/mol. The summed E-state index contributed by atoms with van der Waals surface area (Å²) in [5, 5.41) is 11.1. The molecule has 6 heteroatoms.